The van der Waals surface area contributed by atoms with Crippen LogP contribution >= 0.6 is 0 Å². The maximum absolute atomic E-state index is 10.6. The van der Waals surface area contributed by atoms with Gasteiger partial charge >= 0.3 is 5.97 Å². The van der Waals surface area contributed by atoms with Crippen LogP contribution < -0.4 is 0 Å². The largest absolute Gasteiger partial charge is 0.508 e. The molecule has 4 nitrogen and oxygen atoms in total. The van der Waals surface area contributed by atoms with E-state index in [0.29, 0.717) is 18.8 Å². The molecule has 1 unspecified atom stereocenters. The number of benzene rings is 1. The van der Waals surface area contributed by atoms with Crippen LogP contribution in [0.25, 0.3) is 0 Å². The maximum atomic E-state index is 10.6. The number of rotatable bonds is 3. The minimum atomic E-state index is -0.858. The molecule has 0 radical (unpaired) electrons. The predicted octanol–water partition coefficient (Wildman–Crippen LogP) is 2.00. The van der Waals surface area contributed by atoms with Crippen LogP contribution in [0.15, 0.2) is 12.1 Å². The number of aliphatic carboxylic acids is 1. The number of phenols is 1. The number of ether oxygens (including phenoxy) is 1. The Labute approximate surface area is 93.5 Å². The number of hydrogen-bond donors (Lipinski definition) is 2. The first-order chi connectivity index (χ1) is 7.58. The van der Waals surface area contributed by atoms with Gasteiger partial charge in [0.1, 0.15) is 5.75 Å². The molecule has 86 valence electrons. The molecule has 1 aliphatic heterocycles. The highest BCUT2D eigenvalue weighted by molar-refractivity contribution is 5.68. The fourth-order valence-corrected chi connectivity index (χ4v) is 2.00. The van der Waals surface area contributed by atoms with Crippen LogP contribution in [0.3, 0.4) is 0 Å². The molecule has 0 amide bonds. The van der Waals surface area contributed by atoms with Crippen molar-refractivity contribution in [2.75, 3.05) is 0 Å². The molecule has 0 saturated heterocycles. The molecule has 0 saturated carbocycles. The van der Waals surface area contributed by atoms with Crippen molar-refractivity contribution in [3.8, 4) is 5.75 Å². The van der Waals surface area contributed by atoms with E-state index in [1.807, 2.05) is 6.07 Å². The van der Waals surface area contributed by atoms with Gasteiger partial charge in [-0.1, -0.05) is 6.92 Å². The molecular formula is C12H14O4. The molecule has 2 rings (SSSR count). The molecule has 0 bridgehead atoms. The van der Waals surface area contributed by atoms with E-state index in [9.17, 15) is 9.90 Å². The number of carbonyl (C=O) groups is 1. The number of carboxylic acid groups (broad SMARTS) is 1. The highest BCUT2D eigenvalue weighted by Gasteiger charge is 2.19. The second kappa shape index (κ2) is 4.14. The van der Waals surface area contributed by atoms with E-state index >= 15 is 0 Å². The van der Waals surface area contributed by atoms with Crippen LogP contribution in [-0.4, -0.2) is 16.2 Å². The molecular weight excluding hydrogens is 208 g/mol. The number of aromatic hydroxyl groups is 1. The van der Waals surface area contributed by atoms with Gasteiger partial charge in [0.15, 0.2) is 0 Å². The van der Waals surface area contributed by atoms with Gasteiger partial charge in [-0.2, -0.15) is 0 Å². The summed E-state index contributed by atoms with van der Waals surface area (Å²) in [5.74, 6) is -0.884. The zero-order valence-electron chi connectivity index (χ0n) is 9.06. The van der Waals surface area contributed by atoms with Gasteiger partial charge in [0, 0.05) is 0 Å². The Balaban J connectivity index is 2.30. The van der Waals surface area contributed by atoms with E-state index in [0.717, 1.165) is 11.1 Å². The van der Waals surface area contributed by atoms with Crippen LogP contribution in [0.5, 0.6) is 5.75 Å². The molecule has 2 N–H and O–H groups in total. The Morgan fingerprint density at radius 1 is 1.44 bits per heavy atom. The molecule has 1 atom stereocenters. The van der Waals surface area contributed by atoms with Gasteiger partial charge in [0.2, 0.25) is 0 Å². The monoisotopic (exact) mass is 222 g/mol. The summed E-state index contributed by atoms with van der Waals surface area (Å²) in [6, 6.07) is 3.53. The van der Waals surface area contributed by atoms with Crippen molar-refractivity contribution in [2.45, 2.75) is 32.5 Å². The fraction of sp³-hybridized carbons (Fsp3) is 0.417. The molecule has 16 heavy (non-hydrogen) atoms. The lowest BCUT2D eigenvalue weighted by Crippen LogP contribution is -2.03. The summed E-state index contributed by atoms with van der Waals surface area (Å²) in [5.41, 5.74) is 2.72. The summed E-state index contributed by atoms with van der Waals surface area (Å²) in [4.78, 5) is 10.6. The third-order valence-corrected chi connectivity index (χ3v) is 2.88. The van der Waals surface area contributed by atoms with Gasteiger partial charge in [-0.15, -0.1) is 0 Å². The molecule has 0 aliphatic carbocycles. The maximum Gasteiger partial charge on any atom is 0.303 e. The van der Waals surface area contributed by atoms with E-state index < -0.39 is 5.97 Å². The summed E-state index contributed by atoms with van der Waals surface area (Å²) in [6.45, 7) is 2.87. The highest BCUT2D eigenvalue weighted by Crippen LogP contribution is 2.33. The Morgan fingerprint density at radius 2 is 2.06 bits per heavy atom. The van der Waals surface area contributed by atoms with Crippen LogP contribution in [-0.2, 0) is 22.7 Å². The quantitative estimate of drug-likeness (QED) is 0.820. The smallest absolute Gasteiger partial charge is 0.303 e. The predicted molar refractivity (Wildman–Crippen MR) is 57.3 cm³/mol. The molecule has 1 aromatic carbocycles. The zero-order valence-corrected chi connectivity index (χ0v) is 9.06. The Bertz CT molecular complexity index is 425. The van der Waals surface area contributed by atoms with Gasteiger partial charge in [0.25, 0.3) is 0 Å². The average Bonchev–Trinajstić information content (AvgIpc) is 2.61. The van der Waals surface area contributed by atoms with Crippen molar-refractivity contribution in [3.63, 3.8) is 0 Å². The van der Waals surface area contributed by atoms with Gasteiger partial charge in [0.05, 0.1) is 19.6 Å². The van der Waals surface area contributed by atoms with Crippen molar-refractivity contribution in [1.82, 2.24) is 0 Å². The van der Waals surface area contributed by atoms with E-state index in [2.05, 4.69) is 0 Å². The lowest BCUT2D eigenvalue weighted by atomic mass is 9.93. The number of hydrogen-bond acceptors (Lipinski definition) is 3. The van der Waals surface area contributed by atoms with Crippen molar-refractivity contribution >= 4 is 5.97 Å². The highest BCUT2D eigenvalue weighted by atomic mass is 16.5. The van der Waals surface area contributed by atoms with Crippen molar-refractivity contribution in [2.24, 2.45) is 0 Å². The van der Waals surface area contributed by atoms with Crippen LogP contribution in [0, 0.1) is 0 Å². The van der Waals surface area contributed by atoms with E-state index in [1.54, 1.807) is 13.0 Å². The molecule has 4 heteroatoms. The Morgan fingerprint density at radius 3 is 2.69 bits per heavy atom. The number of carboxylic acids is 1. The lowest BCUT2D eigenvalue weighted by molar-refractivity contribution is -0.137. The lowest BCUT2D eigenvalue weighted by Gasteiger charge is -2.12. The summed E-state index contributed by atoms with van der Waals surface area (Å²) in [7, 11) is 0. The minimum absolute atomic E-state index is 0.0210. The third kappa shape index (κ3) is 2.02. The standard InChI is InChI=1S/C12H14O4/c1-7(2-12(14)15)10-3-8-5-16-6-9(8)4-11(10)13/h3-4,7,13H,2,5-6H2,1H3,(H,14,15). The van der Waals surface area contributed by atoms with E-state index in [1.165, 1.54) is 0 Å². The average molecular weight is 222 g/mol. The second-order valence-corrected chi connectivity index (χ2v) is 4.17. The third-order valence-electron chi connectivity index (χ3n) is 2.88. The number of phenolic OH excluding ortho intramolecular Hbond substituents is 1. The molecule has 1 heterocycles. The molecule has 1 aliphatic rings. The fourth-order valence-electron chi connectivity index (χ4n) is 2.00. The van der Waals surface area contributed by atoms with Gasteiger partial charge in [-0.3, -0.25) is 4.79 Å². The number of fused-ring (bicyclic) bond motifs is 1. The normalized spacial score (nSPS) is 15.8. The van der Waals surface area contributed by atoms with Crippen LogP contribution in [0.2, 0.25) is 0 Å². The first-order valence-electron chi connectivity index (χ1n) is 5.22. The molecule has 0 spiro atoms. The van der Waals surface area contributed by atoms with Gasteiger partial charge < -0.3 is 14.9 Å². The van der Waals surface area contributed by atoms with Crippen molar-refractivity contribution in [1.29, 1.82) is 0 Å². The summed E-state index contributed by atoms with van der Waals surface area (Å²) >= 11 is 0. The van der Waals surface area contributed by atoms with E-state index in [4.69, 9.17) is 9.84 Å². The summed E-state index contributed by atoms with van der Waals surface area (Å²) in [5, 5.41) is 18.5. The molecule has 0 fully saturated rings. The SMILES string of the molecule is CC(CC(=O)O)c1cc2c(cc1O)COC2. The van der Waals surface area contributed by atoms with Crippen LogP contribution in [0.4, 0.5) is 0 Å². The summed E-state index contributed by atoms with van der Waals surface area (Å²) in [6.07, 6.45) is 0.0210. The summed E-state index contributed by atoms with van der Waals surface area (Å²) < 4.78 is 5.26. The van der Waals surface area contributed by atoms with Crippen molar-refractivity contribution in [3.05, 3.63) is 28.8 Å². The molecule has 0 aromatic heterocycles. The molecule has 1 aromatic rings. The van der Waals surface area contributed by atoms with Gasteiger partial charge in [-0.25, -0.2) is 0 Å². The van der Waals surface area contributed by atoms with Crippen molar-refractivity contribution < 1.29 is 19.7 Å². The Hall–Kier alpha value is -1.55. The van der Waals surface area contributed by atoms with Gasteiger partial charge in [-0.05, 0) is 34.7 Å². The topological polar surface area (TPSA) is 66.8 Å². The minimum Gasteiger partial charge on any atom is -0.508 e. The first-order valence-corrected chi connectivity index (χ1v) is 5.22. The Kier molecular flexibility index (Phi) is 2.83. The first kappa shape index (κ1) is 11.0. The second-order valence-electron chi connectivity index (χ2n) is 4.17. The zero-order chi connectivity index (χ0) is 11.7. The van der Waals surface area contributed by atoms with E-state index in [-0.39, 0.29) is 18.1 Å². The van der Waals surface area contributed by atoms with Crippen LogP contribution in [0.1, 0.15) is 36.0 Å².